The van der Waals surface area contributed by atoms with E-state index >= 15 is 0 Å². The minimum atomic E-state index is -4.50. The van der Waals surface area contributed by atoms with Crippen molar-refractivity contribution in [3.63, 3.8) is 0 Å². The number of esters is 1. The average Bonchev–Trinajstić information content (AvgIpc) is 2.73. The number of aryl methyl sites for hydroxylation is 3. The minimum Gasteiger partial charge on any atom is -0.466 e. The number of anilines is 1. The maximum atomic E-state index is 13.0. The van der Waals surface area contributed by atoms with Crippen molar-refractivity contribution in [3.05, 3.63) is 58.7 Å². The van der Waals surface area contributed by atoms with Gasteiger partial charge in [0.15, 0.2) is 0 Å². The molecule has 0 heterocycles. The molecule has 0 radical (unpaired) electrons. The number of unbranched alkanes of at least 4 members (excludes halogenated alkanes) is 3. The average molecular weight is 486 g/mol. The number of sulfonamides is 1. The van der Waals surface area contributed by atoms with E-state index < -0.39 is 21.8 Å². The van der Waals surface area contributed by atoms with Crippen molar-refractivity contribution in [2.75, 3.05) is 11.3 Å². The lowest BCUT2D eigenvalue weighted by atomic mass is 10.0. The molecule has 33 heavy (non-hydrogen) atoms. The molecule has 0 amide bonds. The van der Waals surface area contributed by atoms with E-state index in [0.717, 1.165) is 43.4 Å². The first-order valence-electron chi connectivity index (χ1n) is 10.9. The normalized spacial score (nSPS) is 11.9. The molecule has 0 unspecified atom stereocenters. The summed E-state index contributed by atoms with van der Waals surface area (Å²) in [6.45, 7) is 5.04. The summed E-state index contributed by atoms with van der Waals surface area (Å²) in [6.07, 6.45) is -0.0412. The van der Waals surface area contributed by atoms with Crippen LogP contribution in [-0.4, -0.2) is 21.0 Å². The van der Waals surface area contributed by atoms with E-state index in [4.69, 9.17) is 4.74 Å². The number of carbonyl (C=O) groups is 1. The number of carbonyl (C=O) groups excluding carboxylic acids is 1. The number of rotatable bonds is 11. The van der Waals surface area contributed by atoms with Crippen LogP contribution >= 0.6 is 0 Å². The van der Waals surface area contributed by atoms with Crippen LogP contribution in [0.25, 0.3) is 0 Å². The second-order valence-electron chi connectivity index (χ2n) is 7.95. The summed E-state index contributed by atoms with van der Waals surface area (Å²) in [5.74, 6) is -0.193. The van der Waals surface area contributed by atoms with Gasteiger partial charge in [-0.1, -0.05) is 25.0 Å². The van der Waals surface area contributed by atoms with Gasteiger partial charge in [-0.2, -0.15) is 13.2 Å². The van der Waals surface area contributed by atoms with Gasteiger partial charge in [0, 0.05) is 6.42 Å². The van der Waals surface area contributed by atoms with Gasteiger partial charge >= 0.3 is 12.1 Å². The summed E-state index contributed by atoms with van der Waals surface area (Å²) in [5.41, 5.74) is 0.582. The first-order chi connectivity index (χ1) is 15.4. The molecule has 9 heteroatoms. The Kier molecular flexibility index (Phi) is 9.34. The molecule has 1 N–H and O–H groups in total. The molecule has 2 aromatic carbocycles. The molecular formula is C24H30F3NO4S. The quantitative estimate of drug-likeness (QED) is 0.305. The smallest absolute Gasteiger partial charge is 0.416 e. The lowest BCUT2D eigenvalue weighted by molar-refractivity contribution is -0.143. The number of ether oxygens (including phenoxy) is 1. The zero-order valence-electron chi connectivity index (χ0n) is 19.1. The van der Waals surface area contributed by atoms with Gasteiger partial charge in [-0.05, 0) is 81.0 Å². The van der Waals surface area contributed by atoms with Gasteiger partial charge in [-0.3, -0.25) is 9.52 Å². The number of nitrogens with one attached hydrogen (secondary N) is 1. The fourth-order valence-electron chi connectivity index (χ4n) is 3.53. The van der Waals surface area contributed by atoms with Crippen molar-refractivity contribution in [2.45, 2.75) is 70.4 Å². The Bertz CT molecular complexity index is 1040. The van der Waals surface area contributed by atoms with E-state index in [2.05, 4.69) is 4.72 Å². The van der Waals surface area contributed by atoms with Gasteiger partial charge in [0.2, 0.25) is 0 Å². The van der Waals surface area contributed by atoms with Gasteiger partial charge < -0.3 is 4.74 Å². The number of benzene rings is 2. The predicted octanol–water partition coefficient (Wildman–Crippen LogP) is 6.18. The number of hydrogen-bond donors (Lipinski definition) is 1. The Morgan fingerprint density at radius 3 is 2.24 bits per heavy atom. The van der Waals surface area contributed by atoms with Crippen LogP contribution < -0.4 is 4.72 Å². The fraction of sp³-hybridized carbons (Fsp3) is 0.458. The summed E-state index contributed by atoms with van der Waals surface area (Å²) >= 11 is 0. The van der Waals surface area contributed by atoms with Crippen LogP contribution in [0.15, 0.2) is 41.3 Å². The molecule has 0 aliphatic carbocycles. The lowest BCUT2D eigenvalue weighted by Gasteiger charge is -2.16. The molecule has 0 atom stereocenters. The Labute approximate surface area is 193 Å². The Balaban J connectivity index is 2.01. The zero-order valence-corrected chi connectivity index (χ0v) is 19.9. The maximum absolute atomic E-state index is 13.0. The van der Waals surface area contributed by atoms with Crippen molar-refractivity contribution < 1.29 is 31.1 Å². The highest BCUT2D eigenvalue weighted by molar-refractivity contribution is 7.92. The summed E-state index contributed by atoms with van der Waals surface area (Å²) in [4.78, 5) is 11.4. The largest absolute Gasteiger partial charge is 0.466 e. The van der Waals surface area contributed by atoms with Gasteiger partial charge in [0.25, 0.3) is 10.0 Å². The van der Waals surface area contributed by atoms with E-state index in [0.29, 0.717) is 19.4 Å². The molecule has 0 spiro atoms. The summed E-state index contributed by atoms with van der Waals surface area (Å²) < 4.78 is 72.1. The molecule has 0 aromatic heterocycles. The summed E-state index contributed by atoms with van der Waals surface area (Å²) in [7, 11) is -3.97. The fourth-order valence-corrected chi connectivity index (χ4v) is 4.81. The van der Waals surface area contributed by atoms with Crippen LogP contribution in [0.3, 0.4) is 0 Å². The molecule has 0 saturated carbocycles. The zero-order chi connectivity index (χ0) is 24.6. The van der Waals surface area contributed by atoms with Gasteiger partial charge in [0.05, 0.1) is 22.8 Å². The van der Waals surface area contributed by atoms with Crippen molar-refractivity contribution in [3.8, 4) is 0 Å². The summed E-state index contributed by atoms with van der Waals surface area (Å²) in [5, 5.41) is 0. The SMILES string of the molecule is CCOC(=O)CCCCCCc1cccc(S(=O)(=O)Nc2c(C)cc(C(F)(F)F)cc2C)c1. The van der Waals surface area contributed by atoms with Gasteiger partial charge in [-0.15, -0.1) is 0 Å². The van der Waals surface area contributed by atoms with Crippen LogP contribution in [0.4, 0.5) is 18.9 Å². The lowest BCUT2D eigenvalue weighted by Crippen LogP contribution is -2.16. The molecular weight excluding hydrogens is 455 g/mol. The molecule has 0 saturated heterocycles. The molecule has 0 fully saturated rings. The van der Waals surface area contributed by atoms with E-state index in [9.17, 15) is 26.4 Å². The van der Waals surface area contributed by atoms with Crippen LogP contribution in [0.1, 0.15) is 61.3 Å². The van der Waals surface area contributed by atoms with Crippen LogP contribution in [0.2, 0.25) is 0 Å². The number of hydrogen-bond acceptors (Lipinski definition) is 4. The van der Waals surface area contributed by atoms with Gasteiger partial charge in [0.1, 0.15) is 0 Å². The number of halogens is 3. The standard InChI is InChI=1S/C24H30F3NO4S/c1-4-32-22(29)13-8-6-5-7-10-19-11-9-12-21(16-19)33(30,31)28-23-17(2)14-20(15-18(23)3)24(25,26)27/h9,11-12,14-16,28H,4-8,10,13H2,1-3H3. The molecule has 0 bridgehead atoms. The van der Waals surface area contributed by atoms with E-state index in [1.54, 1.807) is 19.1 Å². The molecule has 2 aromatic rings. The maximum Gasteiger partial charge on any atom is 0.416 e. The van der Waals surface area contributed by atoms with Crippen LogP contribution in [0, 0.1) is 13.8 Å². The molecule has 0 aliphatic rings. The highest BCUT2D eigenvalue weighted by Gasteiger charge is 2.31. The summed E-state index contributed by atoms with van der Waals surface area (Å²) in [6, 6.07) is 8.39. The highest BCUT2D eigenvalue weighted by atomic mass is 32.2. The molecule has 5 nitrogen and oxygen atoms in total. The first kappa shape index (κ1) is 26.7. The minimum absolute atomic E-state index is 0.0565. The van der Waals surface area contributed by atoms with E-state index in [1.165, 1.54) is 19.9 Å². The van der Waals surface area contributed by atoms with Crippen LogP contribution in [0.5, 0.6) is 0 Å². The van der Waals surface area contributed by atoms with E-state index in [-0.39, 0.29) is 27.7 Å². The molecule has 0 aliphatic heterocycles. The Morgan fingerprint density at radius 2 is 1.64 bits per heavy atom. The second-order valence-corrected chi connectivity index (χ2v) is 9.64. The van der Waals surface area contributed by atoms with E-state index in [1.807, 2.05) is 6.07 Å². The van der Waals surface area contributed by atoms with Crippen molar-refractivity contribution in [2.24, 2.45) is 0 Å². The monoisotopic (exact) mass is 485 g/mol. The number of alkyl halides is 3. The van der Waals surface area contributed by atoms with Crippen LogP contribution in [-0.2, 0) is 32.2 Å². The van der Waals surface area contributed by atoms with Crippen molar-refractivity contribution >= 4 is 21.7 Å². The Morgan fingerprint density at radius 1 is 1.00 bits per heavy atom. The predicted molar refractivity (Wildman–Crippen MR) is 122 cm³/mol. The van der Waals surface area contributed by atoms with Crippen molar-refractivity contribution in [1.82, 2.24) is 0 Å². The molecule has 182 valence electrons. The third kappa shape index (κ3) is 8.07. The topological polar surface area (TPSA) is 72.5 Å². The third-order valence-corrected chi connectivity index (χ3v) is 6.55. The van der Waals surface area contributed by atoms with Crippen molar-refractivity contribution in [1.29, 1.82) is 0 Å². The molecule has 2 rings (SSSR count). The Hall–Kier alpha value is -2.55. The first-order valence-corrected chi connectivity index (χ1v) is 12.4. The van der Waals surface area contributed by atoms with Gasteiger partial charge in [-0.25, -0.2) is 8.42 Å². The third-order valence-electron chi connectivity index (χ3n) is 5.21. The highest BCUT2D eigenvalue weighted by Crippen LogP contribution is 2.34. The second kappa shape index (κ2) is 11.5.